The van der Waals surface area contributed by atoms with Crippen LogP contribution in [0.3, 0.4) is 0 Å². The van der Waals surface area contributed by atoms with Crippen LogP contribution in [0.4, 0.5) is 30.7 Å². The van der Waals surface area contributed by atoms with Crippen LogP contribution in [0.25, 0.3) is 0 Å². The van der Waals surface area contributed by atoms with Gasteiger partial charge in [0.2, 0.25) is 0 Å². The molecule has 0 aromatic heterocycles. The van der Waals surface area contributed by atoms with E-state index in [0.717, 1.165) is 24.3 Å². The van der Waals surface area contributed by atoms with Crippen LogP contribution in [0.5, 0.6) is 0 Å². The van der Waals surface area contributed by atoms with Gasteiger partial charge in [-0.05, 0) is 60.7 Å². The fourth-order valence-corrected chi connectivity index (χ4v) is 5.60. The van der Waals surface area contributed by atoms with E-state index in [0.29, 0.717) is 36.4 Å². The molecule has 46 heavy (non-hydrogen) atoms. The van der Waals surface area contributed by atoms with Gasteiger partial charge < -0.3 is 14.9 Å². The van der Waals surface area contributed by atoms with E-state index in [9.17, 15) is 44.3 Å². The lowest BCUT2D eigenvalue weighted by atomic mass is 10.1. The summed E-state index contributed by atoms with van der Waals surface area (Å²) in [5.74, 6) is -2.86. The third-order valence-electron chi connectivity index (χ3n) is 5.85. The van der Waals surface area contributed by atoms with Crippen molar-refractivity contribution in [2.75, 3.05) is 6.61 Å². The number of carbonyl (C=O) groups is 2. The highest BCUT2D eigenvalue weighted by Crippen LogP contribution is 2.34. The Morgan fingerprint density at radius 3 is 1.70 bits per heavy atom. The lowest BCUT2D eigenvalue weighted by Gasteiger charge is -2.27. The van der Waals surface area contributed by atoms with Crippen molar-refractivity contribution in [2.45, 2.75) is 35.6 Å². The van der Waals surface area contributed by atoms with Gasteiger partial charge in [-0.2, -0.15) is 34.8 Å². The molecule has 0 aliphatic carbocycles. The van der Waals surface area contributed by atoms with Crippen molar-refractivity contribution in [2.24, 2.45) is 0 Å². The number of alkyl halides is 7. The van der Waals surface area contributed by atoms with Crippen LogP contribution < -0.4 is 0 Å². The molecule has 0 bridgehead atoms. The molecule has 8 nitrogen and oxygen atoms in total. The van der Waals surface area contributed by atoms with Gasteiger partial charge in [-0.25, -0.2) is 14.0 Å². The number of nitrogens with one attached hydrogen (secondary N) is 1. The van der Waals surface area contributed by atoms with Gasteiger partial charge in [0.1, 0.15) is 11.5 Å². The van der Waals surface area contributed by atoms with Crippen molar-refractivity contribution in [3.63, 3.8) is 0 Å². The average Bonchev–Trinajstić information content (AvgIpc) is 2.98. The maximum Gasteiger partial charge on any atom is 0.416 e. The van der Waals surface area contributed by atoms with Gasteiger partial charge in [-0.3, -0.25) is 4.18 Å². The SMILES string of the molecule is N=C[C@@H](F)[C@@H](OC(=O)c1ccc(C(F)(F)F)cc1)[C@H](COC(=O)c1ccc(C(F)(F)F)cc1)OS(=O)(=O)c1cc(Cl)c(Cl)cc1Cl. The van der Waals surface area contributed by atoms with E-state index >= 15 is 4.39 Å². The molecule has 0 aliphatic heterocycles. The number of rotatable bonds is 11. The highest BCUT2D eigenvalue weighted by Gasteiger charge is 2.39. The first-order chi connectivity index (χ1) is 21.2. The second kappa shape index (κ2) is 14.5. The fraction of sp³-hybridized carbons (Fsp3) is 0.222. The Kier molecular flexibility index (Phi) is 11.7. The maximum atomic E-state index is 15.1. The molecule has 1 N–H and O–H groups in total. The third kappa shape index (κ3) is 9.31. The molecule has 3 aromatic carbocycles. The van der Waals surface area contributed by atoms with Crippen molar-refractivity contribution < 1.29 is 62.4 Å². The maximum absolute atomic E-state index is 15.1. The minimum absolute atomic E-state index is 0.0531. The molecule has 0 fully saturated rings. The van der Waals surface area contributed by atoms with Gasteiger partial charge in [0.15, 0.2) is 18.4 Å². The molecule has 3 aromatic rings. The monoisotopic (exact) mass is 737 g/mol. The van der Waals surface area contributed by atoms with Crippen LogP contribution in [-0.4, -0.2) is 51.6 Å². The Hall–Kier alpha value is -3.44. The molecule has 0 amide bonds. The molecule has 0 aliphatic rings. The number of benzene rings is 3. The minimum Gasteiger partial charge on any atom is -0.459 e. The Morgan fingerprint density at radius 2 is 1.24 bits per heavy atom. The second-order valence-corrected chi connectivity index (χ2v) is 11.8. The molecule has 0 radical (unpaired) electrons. The van der Waals surface area contributed by atoms with E-state index in [1.165, 1.54) is 0 Å². The predicted octanol–water partition coefficient (Wildman–Crippen LogP) is 7.83. The van der Waals surface area contributed by atoms with Crippen molar-refractivity contribution in [1.29, 1.82) is 5.41 Å². The number of hydrogen-bond acceptors (Lipinski definition) is 8. The summed E-state index contributed by atoms with van der Waals surface area (Å²) in [5, 5.41) is 6.26. The Balaban J connectivity index is 1.98. The quantitative estimate of drug-likeness (QED) is 0.0700. The van der Waals surface area contributed by atoms with Crippen LogP contribution in [0.15, 0.2) is 65.6 Å². The van der Waals surface area contributed by atoms with Crippen LogP contribution >= 0.6 is 34.8 Å². The number of ether oxygens (including phenoxy) is 2. The summed E-state index contributed by atoms with van der Waals surface area (Å²) in [4.78, 5) is 24.6. The van der Waals surface area contributed by atoms with Gasteiger partial charge in [0, 0.05) is 6.21 Å². The van der Waals surface area contributed by atoms with Crippen molar-refractivity contribution >= 4 is 63.1 Å². The molecular formula is C27H17Cl3F7NO7S. The first-order valence-corrected chi connectivity index (χ1v) is 14.7. The first kappa shape index (κ1) is 37.0. The van der Waals surface area contributed by atoms with Crippen LogP contribution in [0.1, 0.15) is 31.8 Å². The summed E-state index contributed by atoms with van der Waals surface area (Å²) in [6.07, 6.45) is -16.9. The smallest absolute Gasteiger partial charge is 0.416 e. The molecule has 0 saturated carbocycles. The van der Waals surface area contributed by atoms with Crippen molar-refractivity contribution in [3.05, 3.63) is 98.0 Å². The number of carbonyl (C=O) groups excluding carboxylic acids is 2. The Labute approximate surface area is 270 Å². The predicted molar refractivity (Wildman–Crippen MR) is 150 cm³/mol. The highest BCUT2D eigenvalue weighted by molar-refractivity contribution is 7.87. The molecule has 3 atom stereocenters. The second-order valence-electron chi connectivity index (χ2n) is 9.02. The van der Waals surface area contributed by atoms with E-state index in [-0.39, 0.29) is 16.3 Å². The summed E-state index contributed by atoms with van der Waals surface area (Å²) in [5.41, 5.74) is -3.30. The van der Waals surface area contributed by atoms with Crippen LogP contribution in [-0.2, 0) is 36.1 Å². The largest absolute Gasteiger partial charge is 0.459 e. The van der Waals surface area contributed by atoms with Crippen LogP contribution in [0.2, 0.25) is 15.1 Å². The average molecular weight is 739 g/mol. The van der Waals surface area contributed by atoms with E-state index < -0.39 is 91.6 Å². The van der Waals surface area contributed by atoms with Gasteiger partial charge in [0.25, 0.3) is 10.1 Å². The van der Waals surface area contributed by atoms with Crippen molar-refractivity contribution in [1.82, 2.24) is 0 Å². The molecule has 248 valence electrons. The highest BCUT2D eigenvalue weighted by atomic mass is 35.5. The van der Waals surface area contributed by atoms with Gasteiger partial charge in [-0.1, -0.05) is 34.8 Å². The lowest BCUT2D eigenvalue weighted by Crippen LogP contribution is -2.45. The Bertz CT molecular complexity index is 1700. The summed E-state index contributed by atoms with van der Waals surface area (Å²) < 4.78 is 134. The zero-order chi connectivity index (χ0) is 34.6. The lowest BCUT2D eigenvalue weighted by molar-refractivity contribution is -0.138. The fourth-order valence-electron chi connectivity index (χ4n) is 3.55. The molecule has 0 spiro atoms. The summed E-state index contributed by atoms with van der Waals surface area (Å²) >= 11 is 17.6. The molecule has 0 unspecified atom stereocenters. The molecule has 3 rings (SSSR count). The molecule has 0 saturated heterocycles. The number of hydrogen-bond donors (Lipinski definition) is 1. The molecule has 19 heteroatoms. The number of esters is 2. The van der Waals surface area contributed by atoms with E-state index in [4.69, 9.17) is 53.9 Å². The zero-order valence-electron chi connectivity index (χ0n) is 22.3. The Morgan fingerprint density at radius 1 is 0.783 bits per heavy atom. The standard InChI is InChI=1S/C27H17Cl3F7NO7S/c28-17-9-19(30)22(10-18(17)29)46(41,42)45-21(12-43-24(39)13-1-5-15(6-2-13)26(32,33)34)23(20(31)11-38)44-25(40)14-3-7-16(8-4-14)27(35,36)37/h1-11,20-21,23,38H,12H2/t20-,21+,23-/m1/s1. The summed E-state index contributed by atoms with van der Waals surface area (Å²) in [6.45, 7) is -1.27. The molecule has 0 heterocycles. The normalized spacial score (nSPS) is 14.2. The van der Waals surface area contributed by atoms with E-state index in [2.05, 4.69) is 0 Å². The summed E-state index contributed by atoms with van der Waals surface area (Å²) in [6, 6.07) is 6.57. The first-order valence-electron chi connectivity index (χ1n) is 12.2. The number of halogens is 10. The van der Waals surface area contributed by atoms with E-state index in [1.807, 2.05) is 0 Å². The van der Waals surface area contributed by atoms with Gasteiger partial charge in [-0.15, -0.1) is 0 Å². The van der Waals surface area contributed by atoms with Crippen LogP contribution in [0, 0.1) is 5.41 Å². The van der Waals surface area contributed by atoms with Crippen molar-refractivity contribution in [3.8, 4) is 0 Å². The minimum atomic E-state index is -5.12. The van der Waals surface area contributed by atoms with Gasteiger partial charge in [0.05, 0.1) is 37.3 Å². The topological polar surface area (TPSA) is 120 Å². The third-order valence-corrected chi connectivity index (χ3v) is 8.38. The van der Waals surface area contributed by atoms with E-state index in [1.54, 1.807) is 0 Å². The summed E-state index contributed by atoms with van der Waals surface area (Å²) in [7, 11) is -5.12. The molecular weight excluding hydrogens is 722 g/mol. The zero-order valence-corrected chi connectivity index (χ0v) is 25.4. The van der Waals surface area contributed by atoms with Gasteiger partial charge >= 0.3 is 24.3 Å².